The third-order valence-corrected chi connectivity index (χ3v) is 8.14. The summed E-state index contributed by atoms with van der Waals surface area (Å²) in [5.74, 6) is 6.67. The normalized spacial score (nSPS) is 21.5. The van der Waals surface area contributed by atoms with E-state index in [0.717, 1.165) is 11.5 Å². The fourth-order valence-electron chi connectivity index (χ4n) is 3.19. The summed E-state index contributed by atoms with van der Waals surface area (Å²) in [5, 5.41) is 0. The Labute approximate surface area is 136 Å². The van der Waals surface area contributed by atoms with Crippen LogP contribution >= 0.6 is 0 Å². The van der Waals surface area contributed by atoms with Gasteiger partial charge in [-0.25, -0.2) is 4.39 Å². The maximum atomic E-state index is 12.8. The standard InChI is InChI=1S/C20H27FSi/c1-2-3-6-15-22-16-13-19(14-17-22)8-5-4-7-18-9-11-20(21)12-10-18/h5,8-12,19,22H,2-3,6,13-17H2,1H3/b8-5+/t19-,22-. The number of rotatable bonds is 5. The number of benzene rings is 1. The van der Waals surface area contributed by atoms with Crippen LogP contribution in [0, 0.1) is 23.6 Å². The second-order valence-corrected chi connectivity index (χ2v) is 9.88. The maximum Gasteiger partial charge on any atom is 0.123 e. The molecule has 22 heavy (non-hydrogen) atoms. The summed E-state index contributed by atoms with van der Waals surface area (Å²) in [6.07, 6.45) is 11.3. The average Bonchev–Trinajstić information content (AvgIpc) is 2.55. The van der Waals surface area contributed by atoms with Crippen LogP contribution in [0.25, 0.3) is 0 Å². The fraction of sp³-hybridized carbons (Fsp3) is 0.500. The second-order valence-electron chi connectivity index (χ2n) is 6.41. The molecule has 1 aliphatic heterocycles. The number of allylic oxidation sites excluding steroid dienone is 2. The van der Waals surface area contributed by atoms with Gasteiger partial charge in [-0.2, -0.15) is 0 Å². The van der Waals surface area contributed by atoms with Crippen LogP contribution in [0.3, 0.4) is 0 Å². The molecular weight excluding hydrogens is 287 g/mol. The van der Waals surface area contributed by atoms with Crippen molar-refractivity contribution >= 4 is 8.80 Å². The molecule has 0 aromatic heterocycles. The van der Waals surface area contributed by atoms with Crippen molar-refractivity contribution in [2.24, 2.45) is 5.92 Å². The highest BCUT2D eigenvalue weighted by atomic mass is 28.3. The first kappa shape index (κ1) is 17.0. The molecule has 0 bridgehead atoms. The van der Waals surface area contributed by atoms with Gasteiger partial charge in [0.2, 0.25) is 0 Å². The zero-order chi connectivity index (χ0) is 15.6. The highest BCUT2D eigenvalue weighted by Crippen LogP contribution is 2.28. The van der Waals surface area contributed by atoms with Gasteiger partial charge in [0.15, 0.2) is 0 Å². The number of hydrogen-bond acceptors (Lipinski definition) is 0. The Balaban J connectivity index is 1.71. The molecule has 1 saturated heterocycles. The lowest BCUT2D eigenvalue weighted by Crippen LogP contribution is -2.20. The van der Waals surface area contributed by atoms with Crippen LogP contribution in [0.2, 0.25) is 18.1 Å². The van der Waals surface area contributed by atoms with Crippen LogP contribution in [0.5, 0.6) is 0 Å². The smallest absolute Gasteiger partial charge is 0.123 e. The van der Waals surface area contributed by atoms with Crippen LogP contribution < -0.4 is 0 Å². The molecule has 0 atom stereocenters. The highest BCUT2D eigenvalue weighted by Gasteiger charge is 2.19. The summed E-state index contributed by atoms with van der Waals surface area (Å²) in [6, 6.07) is 11.0. The Morgan fingerprint density at radius 1 is 1.18 bits per heavy atom. The minimum absolute atomic E-state index is 0.207. The molecule has 1 aromatic carbocycles. The molecule has 0 amide bonds. The van der Waals surface area contributed by atoms with Gasteiger partial charge in [0.1, 0.15) is 5.82 Å². The van der Waals surface area contributed by atoms with Crippen molar-refractivity contribution < 1.29 is 4.39 Å². The first-order valence-corrected chi connectivity index (χ1v) is 11.2. The van der Waals surface area contributed by atoms with E-state index < -0.39 is 8.80 Å². The molecule has 0 saturated carbocycles. The van der Waals surface area contributed by atoms with Gasteiger partial charge < -0.3 is 0 Å². The van der Waals surface area contributed by atoms with E-state index in [1.54, 1.807) is 18.2 Å². The SMILES string of the molecule is CCCCC[Si@H]1CC[C@H](/C=C/C#Cc2ccc(F)cc2)CC1. The third kappa shape index (κ3) is 6.20. The highest BCUT2D eigenvalue weighted by molar-refractivity contribution is 6.58. The van der Waals surface area contributed by atoms with E-state index in [9.17, 15) is 4.39 Å². The molecular formula is C20H27FSi. The minimum Gasteiger partial charge on any atom is -0.207 e. The number of unbranched alkanes of at least 4 members (excludes halogenated alkanes) is 2. The van der Waals surface area contributed by atoms with Gasteiger partial charge >= 0.3 is 0 Å². The lowest BCUT2D eigenvalue weighted by Gasteiger charge is -2.25. The maximum absolute atomic E-state index is 12.8. The molecule has 1 heterocycles. The van der Waals surface area contributed by atoms with Gasteiger partial charge in [-0.1, -0.05) is 62.2 Å². The number of hydrogen-bond donors (Lipinski definition) is 0. The molecule has 0 N–H and O–H groups in total. The molecule has 0 aliphatic carbocycles. The third-order valence-electron chi connectivity index (χ3n) is 4.62. The molecule has 2 rings (SSSR count). The molecule has 1 fully saturated rings. The Bertz CT molecular complexity index is 513. The van der Waals surface area contributed by atoms with E-state index in [1.165, 1.54) is 56.3 Å². The van der Waals surface area contributed by atoms with Crippen molar-refractivity contribution in [3.8, 4) is 11.8 Å². The Morgan fingerprint density at radius 3 is 2.59 bits per heavy atom. The summed E-state index contributed by atoms with van der Waals surface area (Å²) in [6.45, 7) is 2.29. The van der Waals surface area contributed by atoms with Gasteiger partial charge in [-0.15, -0.1) is 0 Å². The van der Waals surface area contributed by atoms with Crippen LogP contribution in [0.4, 0.5) is 4.39 Å². The van der Waals surface area contributed by atoms with E-state index in [-0.39, 0.29) is 5.82 Å². The molecule has 0 spiro atoms. The first-order chi connectivity index (χ1) is 10.8. The molecule has 0 radical (unpaired) electrons. The average molecular weight is 315 g/mol. The van der Waals surface area contributed by atoms with Crippen LogP contribution in [0.1, 0.15) is 44.6 Å². The predicted molar refractivity (Wildman–Crippen MR) is 96.2 cm³/mol. The topological polar surface area (TPSA) is 0 Å². The van der Waals surface area contributed by atoms with Gasteiger partial charge in [0.25, 0.3) is 0 Å². The van der Waals surface area contributed by atoms with Crippen molar-refractivity contribution in [3.05, 3.63) is 47.8 Å². The largest absolute Gasteiger partial charge is 0.207 e. The van der Waals surface area contributed by atoms with Crippen molar-refractivity contribution in [2.45, 2.75) is 57.2 Å². The molecule has 1 aliphatic rings. The van der Waals surface area contributed by atoms with Gasteiger partial charge in [0, 0.05) is 14.4 Å². The predicted octanol–water partition coefficient (Wildman–Crippen LogP) is 5.56. The van der Waals surface area contributed by atoms with E-state index in [2.05, 4.69) is 24.8 Å². The van der Waals surface area contributed by atoms with E-state index in [0.29, 0.717) is 0 Å². The van der Waals surface area contributed by atoms with Gasteiger partial charge in [-0.05, 0) is 49.1 Å². The van der Waals surface area contributed by atoms with Crippen LogP contribution in [0.15, 0.2) is 36.4 Å². The second kappa shape index (κ2) is 9.64. The van der Waals surface area contributed by atoms with E-state index in [4.69, 9.17) is 0 Å². The van der Waals surface area contributed by atoms with Crippen molar-refractivity contribution in [3.63, 3.8) is 0 Å². The molecule has 2 heteroatoms. The van der Waals surface area contributed by atoms with Crippen molar-refractivity contribution in [2.75, 3.05) is 0 Å². The molecule has 0 unspecified atom stereocenters. The summed E-state index contributed by atoms with van der Waals surface area (Å²) in [4.78, 5) is 0. The zero-order valence-electron chi connectivity index (χ0n) is 13.7. The Hall–Kier alpha value is -1.33. The van der Waals surface area contributed by atoms with E-state index >= 15 is 0 Å². The summed E-state index contributed by atoms with van der Waals surface area (Å²) >= 11 is 0. The summed E-state index contributed by atoms with van der Waals surface area (Å²) < 4.78 is 12.8. The van der Waals surface area contributed by atoms with Gasteiger partial charge in [0.05, 0.1) is 0 Å². The van der Waals surface area contributed by atoms with Crippen molar-refractivity contribution in [1.82, 2.24) is 0 Å². The fourth-order valence-corrected chi connectivity index (χ4v) is 6.73. The molecule has 0 nitrogen and oxygen atoms in total. The van der Waals surface area contributed by atoms with E-state index in [1.807, 2.05) is 6.08 Å². The Morgan fingerprint density at radius 2 is 1.91 bits per heavy atom. The summed E-state index contributed by atoms with van der Waals surface area (Å²) in [7, 11) is -0.397. The van der Waals surface area contributed by atoms with Crippen LogP contribution in [-0.2, 0) is 0 Å². The van der Waals surface area contributed by atoms with Crippen molar-refractivity contribution in [1.29, 1.82) is 0 Å². The lowest BCUT2D eigenvalue weighted by atomic mass is 10.0. The quantitative estimate of drug-likeness (QED) is 0.379. The minimum atomic E-state index is -0.397. The van der Waals surface area contributed by atoms with Crippen LogP contribution in [-0.4, -0.2) is 8.80 Å². The molecule has 118 valence electrons. The lowest BCUT2D eigenvalue weighted by molar-refractivity contribution is 0.571. The van der Waals surface area contributed by atoms with Gasteiger partial charge in [-0.3, -0.25) is 0 Å². The first-order valence-electron chi connectivity index (χ1n) is 8.71. The summed E-state index contributed by atoms with van der Waals surface area (Å²) in [5.41, 5.74) is 0.873. The Kier molecular flexibility index (Phi) is 7.46. The number of halogens is 1. The monoisotopic (exact) mass is 314 g/mol. The molecule has 1 aromatic rings. The zero-order valence-corrected chi connectivity index (χ0v) is 14.8.